The Morgan fingerprint density at radius 1 is 1.18 bits per heavy atom. The topological polar surface area (TPSA) is 85.2 Å². The van der Waals surface area contributed by atoms with Gasteiger partial charge in [0.1, 0.15) is 0 Å². The molecule has 3 heterocycles. The number of hydrogen-bond donors (Lipinski definition) is 0. The normalized spacial score (nSPS) is 19.7. The lowest BCUT2D eigenvalue weighted by molar-refractivity contribution is 0.0786. The van der Waals surface area contributed by atoms with Crippen LogP contribution in [0.1, 0.15) is 83.9 Å². The van der Waals surface area contributed by atoms with Crippen molar-refractivity contribution >= 4 is 26.8 Å². The van der Waals surface area contributed by atoms with Crippen molar-refractivity contribution in [3.63, 3.8) is 0 Å². The number of aromatic nitrogens is 3. The van der Waals surface area contributed by atoms with E-state index in [2.05, 4.69) is 43.2 Å². The van der Waals surface area contributed by atoms with Gasteiger partial charge in [0.15, 0.2) is 15.5 Å². The second kappa shape index (κ2) is 8.48. The molecular weight excluding hydrogens is 448 g/mol. The zero-order valence-corrected chi connectivity index (χ0v) is 21.1. The highest BCUT2D eigenvalue weighted by atomic mass is 32.2. The molecule has 1 aliphatic heterocycles. The van der Waals surface area contributed by atoms with Crippen LogP contribution in [0.15, 0.2) is 30.3 Å². The number of carbonyl (C=O) groups excluding carboxylic acids is 1. The van der Waals surface area contributed by atoms with Crippen molar-refractivity contribution in [2.75, 3.05) is 18.6 Å². The van der Waals surface area contributed by atoms with Gasteiger partial charge in [0.05, 0.1) is 34.2 Å². The van der Waals surface area contributed by atoms with E-state index in [1.165, 1.54) is 5.56 Å². The van der Waals surface area contributed by atoms with E-state index in [1.807, 2.05) is 20.0 Å². The third kappa shape index (κ3) is 4.35. The number of pyridine rings is 1. The van der Waals surface area contributed by atoms with Crippen molar-refractivity contribution < 1.29 is 13.2 Å². The summed E-state index contributed by atoms with van der Waals surface area (Å²) in [7, 11) is -1.24. The summed E-state index contributed by atoms with van der Waals surface area (Å²) in [5.74, 6) is 1.01. The number of amides is 1. The molecule has 8 heteroatoms. The molecule has 0 N–H and O–H groups in total. The summed E-state index contributed by atoms with van der Waals surface area (Å²) in [6.45, 7) is 6.72. The van der Waals surface area contributed by atoms with E-state index >= 15 is 0 Å². The van der Waals surface area contributed by atoms with Gasteiger partial charge in [-0.25, -0.2) is 18.1 Å². The van der Waals surface area contributed by atoms with E-state index in [1.54, 1.807) is 9.58 Å². The molecule has 2 aromatic heterocycles. The van der Waals surface area contributed by atoms with Crippen LogP contribution >= 0.6 is 0 Å². The molecular formula is C26H32N4O3S. The highest BCUT2D eigenvalue weighted by molar-refractivity contribution is 7.91. The molecule has 1 saturated heterocycles. The lowest BCUT2D eigenvalue weighted by atomic mass is 10.0. The molecule has 1 amide bonds. The average Bonchev–Trinajstić information content (AvgIpc) is 3.51. The standard InChI is InChI=1S/C26H32N4O3S/c1-16(2)19-7-5-18(6-8-19)14-29(4)26(31)22-13-23(20-9-10-20)27-25-24(22)17(3)28-30(25)21-11-12-34(32,33)15-21/h5-8,13,16,20-21H,9-12,14-15H2,1-4H3. The number of hydrogen-bond acceptors (Lipinski definition) is 5. The Hall–Kier alpha value is -2.74. The highest BCUT2D eigenvalue weighted by Gasteiger charge is 2.34. The van der Waals surface area contributed by atoms with E-state index in [-0.39, 0.29) is 23.5 Å². The van der Waals surface area contributed by atoms with Crippen LogP contribution in [0.2, 0.25) is 0 Å². The van der Waals surface area contributed by atoms with E-state index in [0.29, 0.717) is 41.7 Å². The maximum absolute atomic E-state index is 13.7. The number of benzene rings is 1. The fourth-order valence-electron chi connectivity index (χ4n) is 4.87. The monoisotopic (exact) mass is 480 g/mol. The van der Waals surface area contributed by atoms with Gasteiger partial charge >= 0.3 is 0 Å². The molecule has 7 nitrogen and oxygen atoms in total. The van der Waals surface area contributed by atoms with Crippen molar-refractivity contribution in [2.45, 2.75) is 64.5 Å². The SMILES string of the molecule is Cc1nn(C2CCS(=O)(=O)C2)c2nc(C3CC3)cc(C(=O)N(C)Cc3ccc(C(C)C)cc3)c12. The third-order valence-corrected chi connectivity index (χ3v) is 8.80. The number of fused-ring (bicyclic) bond motifs is 1. The lowest BCUT2D eigenvalue weighted by Gasteiger charge is -2.19. The van der Waals surface area contributed by atoms with Crippen molar-refractivity contribution in [3.8, 4) is 0 Å². The zero-order valence-electron chi connectivity index (χ0n) is 20.3. The van der Waals surface area contributed by atoms with Gasteiger partial charge in [-0.05, 0) is 49.3 Å². The van der Waals surface area contributed by atoms with Crippen molar-refractivity contribution in [1.29, 1.82) is 0 Å². The largest absolute Gasteiger partial charge is 0.337 e. The first-order chi connectivity index (χ1) is 16.1. The van der Waals surface area contributed by atoms with Gasteiger partial charge in [0, 0.05) is 25.2 Å². The number of nitrogens with zero attached hydrogens (tertiary/aromatic N) is 4. The fraction of sp³-hybridized carbons (Fsp3) is 0.500. The molecule has 5 rings (SSSR count). The van der Waals surface area contributed by atoms with E-state index in [9.17, 15) is 13.2 Å². The summed E-state index contributed by atoms with van der Waals surface area (Å²) in [6, 6.07) is 10.1. The predicted octanol–water partition coefficient (Wildman–Crippen LogP) is 4.37. The Morgan fingerprint density at radius 3 is 2.47 bits per heavy atom. The van der Waals surface area contributed by atoms with Crippen LogP contribution in [0.5, 0.6) is 0 Å². The van der Waals surface area contributed by atoms with Crippen LogP contribution < -0.4 is 0 Å². The highest BCUT2D eigenvalue weighted by Crippen LogP contribution is 2.41. The molecule has 0 bridgehead atoms. The van der Waals surface area contributed by atoms with Crippen molar-refractivity contribution in [2.24, 2.45) is 0 Å². The summed E-state index contributed by atoms with van der Waals surface area (Å²) >= 11 is 0. The first-order valence-electron chi connectivity index (χ1n) is 12.1. The molecule has 0 radical (unpaired) electrons. The summed E-state index contributed by atoms with van der Waals surface area (Å²) < 4.78 is 26.0. The fourth-order valence-corrected chi connectivity index (χ4v) is 6.56. The average molecular weight is 481 g/mol. The van der Waals surface area contributed by atoms with Crippen LogP contribution in [-0.2, 0) is 16.4 Å². The molecule has 180 valence electrons. The molecule has 1 aromatic carbocycles. The summed E-state index contributed by atoms with van der Waals surface area (Å²) in [5.41, 5.74) is 5.23. The van der Waals surface area contributed by atoms with Gasteiger partial charge in [-0.2, -0.15) is 5.10 Å². The van der Waals surface area contributed by atoms with Crippen LogP contribution in [0.3, 0.4) is 0 Å². The smallest absolute Gasteiger partial charge is 0.254 e. The minimum Gasteiger partial charge on any atom is -0.337 e. The maximum atomic E-state index is 13.7. The van der Waals surface area contributed by atoms with E-state index in [0.717, 1.165) is 29.5 Å². The van der Waals surface area contributed by atoms with E-state index < -0.39 is 9.84 Å². The summed E-state index contributed by atoms with van der Waals surface area (Å²) in [5, 5.41) is 5.43. The minimum atomic E-state index is -3.06. The molecule has 2 fully saturated rings. The van der Waals surface area contributed by atoms with Gasteiger partial charge in [-0.15, -0.1) is 0 Å². The second-order valence-electron chi connectivity index (χ2n) is 10.2. The Bertz CT molecular complexity index is 1350. The zero-order chi connectivity index (χ0) is 24.2. The molecule has 34 heavy (non-hydrogen) atoms. The van der Waals surface area contributed by atoms with Crippen LogP contribution in [0.4, 0.5) is 0 Å². The Labute approximate surface area is 201 Å². The van der Waals surface area contributed by atoms with Gasteiger partial charge < -0.3 is 4.90 Å². The molecule has 2 aliphatic rings. The maximum Gasteiger partial charge on any atom is 0.254 e. The van der Waals surface area contributed by atoms with E-state index in [4.69, 9.17) is 4.98 Å². The van der Waals surface area contributed by atoms with Crippen molar-refractivity contribution in [1.82, 2.24) is 19.7 Å². The molecule has 3 aromatic rings. The lowest BCUT2D eigenvalue weighted by Crippen LogP contribution is -2.26. The van der Waals surface area contributed by atoms with Gasteiger partial charge in [0.2, 0.25) is 0 Å². The van der Waals surface area contributed by atoms with Gasteiger partial charge in [-0.3, -0.25) is 4.79 Å². The molecule has 0 spiro atoms. The number of sulfone groups is 1. The first-order valence-corrected chi connectivity index (χ1v) is 13.9. The van der Waals surface area contributed by atoms with Crippen LogP contribution in [0.25, 0.3) is 11.0 Å². The molecule has 1 atom stereocenters. The van der Waals surface area contributed by atoms with Crippen molar-refractivity contribution in [3.05, 3.63) is 58.4 Å². The van der Waals surface area contributed by atoms with Crippen LogP contribution in [0, 0.1) is 6.92 Å². The Balaban J connectivity index is 1.51. The second-order valence-corrected chi connectivity index (χ2v) is 12.4. The quantitative estimate of drug-likeness (QED) is 0.523. The minimum absolute atomic E-state index is 0.0658. The number of rotatable bonds is 6. The van der Waals surface area contributed by atoms with Crippen LogP contribution in [-0.4, -0.2) is 52.5 Å². The van der Waals surface area contributed by atoms with Gasteiger partial charge in [0.25, 0.3) is 5.91 Å². The number of aryl methyl sites for hydroxylation is 1. The molecule has 1 unspecified atom stereocenters. The molecule has 1 aliphatic carbocycles. The summed E-state index contributed by atoms with van der Waals surface area (Å²) in [4.78, 5) is 20.3. The number of carbonyl (C=O) groups is 1. The Morgan fingerprint density at radius 2 is 1.88 bits per heavy atom. The van der Waals surface area contributed by atoms with Gasteiger partial charge in [-0.1, -0.05) is 38.1 Å². The Kier molecular flexibility index (Phi) is 5.74. The molecule has 1 saturated carbocycles. The predicted molar refractivity (Wildman–Crippen MR) is 133 cm³/mol. The third-order valence-electron chi connectivity index (χ3n) is 7.05. The first kappa shape index (κ1) is 23.0. The summed E-state index contributed by atoms with van der Waals surface area (Å²) in [6.07, 6.45) is 2.66.